The number of carbonyl (C=O) groups excluding carboxylic acids is 1. The van der Waals surface area contributed by atoms with E-state index in [1.165, 1.54) is 14.0 Å². The molecule has 2 rings (SSSR count). The SMILES string of the molecule is COc1cc(CNC(C)=O)c(-c2ccc(Cl)cc2)cc1O. The molecule has 0 saturated heterocycles. The first-order chi connectivity index (χ1) is 10.0. The zero-order valence-electron chi connectivity index (χ0n) is 11.8. The number of amides is 1. The van der Waals surface area contributed by atoms with Gasteiger partial charge in [-0.05, 0) is 41.0 Å². The van der Waals surface area contributed by atoms with Gasteiger partial charge in [0.15, 0.2) is 11.5 Å². The molecule has 0 unspecified atom stereocenters. The summed E-state index contributed by atoms with van der Waals surface area (Å²) in [6.45, 7) is 1.81. The maximum absolute atomic E-state index is 11.1. The van der Waals surface area contributed by atoms with E-state index < -0.39 is 0 Å². The number of ether oxygens (including phenoxy) is 1. The van der Waals surface area contributed by atoms with Crippen molar-refractivity contribution in [3.8, 4) is 22.6 Å². The number of methoxy groups -OCH3 is 1. The molecule has 4 nitrogen and oxygen atoms in total. The lowest BCUT2D eigenvalue weighted by atomic mass is 9.98. The van der Waals surface area contributed by atoms with E-state index in [1.54, 1.807) is 24.3 Å². The van der Waals surface area contributed by atoms with Gasteiger partial charge in [-0.2, -0.15) is 0 Å². The third-order valence-electron chi connectivity index (χ3n) is 3.09. The van der Waals surface area contributed by atoms with Crippen LogP contribution in [0.2, 0.25) is 5.02 Å². The zero-order chi connectivity index (χ0) is 15.4. The van der Waals surface area contributed by atoms with Gasteiger partial charge in [-0.15, -0.1) is 0 Å². The lowest BCUT2D eigenvalue weighted by Gasteiger charge is -2.14. The molecule has 2 aromatic rings. The van der Waals surface area contributed by atoms with Crippen molar-refractivity contribution in [1.82, 2.24) is 5.32 Å². The largest absolute Gasteiger partial charge is 0.504 e. The molecule has 0 bridgehead atoms. The highest BCUT2D eigenvalue weighted by Gasteiger charge is 2.12. The number of hydrogen-bond donors (Lipinski definition) is 2. The van der Waals surface area contributed by atoms with Gasteiger partial charge in [0.2, 0.25) is 5.91 Å². The van der Waals surface area contributed by atoms with Crippen LogP contribution >= 0.6 is 11.6 Å². The number of aromatic hydroxyl groups is 1. The second-order valence-corrected chi connectivity index (χ2v) is 5.03. The fraction of sp³-hybridized carbons (Fsp3) is 0.188. The first kappa shape index (κ1) is 15.2. The minimum absolute atomic E-state index is 0.0500. The molecule has 1 amide bonds. The summed E-state index contributed by atoms with van der Waals surface area (Å²) >= 11 is 5.89. The summed E-state index contributed by atoms with van der Waals surface area (Å²) < 4.78 is 5.12. The van der Waals surface area contributed by atoms with Gasteiger partial charge < -0.3 is 15.2 Å². The van der Waals surface area contributed by atoms with Crippen molar-refractivity contribution < 1.29 is 14.6 Å². The van der Waals surface area contributed by atoms with Crippen LogP contribution in [-0.4, -0.2) is 18.1 Å². The molecule has 0 spiro atoms. The van der Waals surface area contributed by atoms with Crippen LogP contribution in [0.5, 0.6) is 11.5 Å². The Hall–Kier alpha value is -2.20. The van der Waals surface area contributed by atoms with Gasteiger partial charge in [0.1, 0.15) is 0 Å². The Morgan fingerprint density at radius 1 is 1.29 bits per heavy atom. The molecule has 5 heteroatoms. The van der Waals surface area contributed by atoms with E-state index in [4.69, 9.17) is 16.3 Å². The Labute approximate surface area is 128 Å². The van der Waals surface area contributed by atoms with Crippen LogP contribution in [0.1, 0.15) is 12.5 Å². The quantitative estimate of drug-likeness (QED) is 0.910. The Bertz CT molecular complexity index is 653. The summed E-state index contributed by atoms with van der Waals surface area (Å²) in [6, 6.07) is 10.6. The van der Waals surface area contributed by atoms with E-state index in [0.29, 0.717) is 17.3 Å². The fourth-order valence-corrected chi connectivity index (χ4v) is 2.16. The van der Waals surface area contributed by atoms with Crippen molar-refractivity contribution in [2.24, 2.45) is 0 Å². The monoisotopic (exact) mass is 305 g/mol. The Kier molecular flexibility index (Phi) is 4.70. The van der Waals surface area contributed by atoms with Gasteiger partial charge in [-0.25, -0.2) is 0 Å². The average molecular weight is 306 g/mol. The van der Waals surface area contributed by atoms with Gasteiger partial charge in [0.05, 0.1) is 7.11 Å². The molecular formula is C16H16ClNO3. The van der Waals surface area contributed by atoms with Crippen LogP contribution in [0, 0.1) is 0 Å². The van der Waals surface area contributed by atoms with Crippen molar-refractivity contribution in [1.29, 1.82) is 0 Å². The molecule has 21 heavy (non-hydrogen) atoms. The number of carbonyl (C=O) groups is 1. The molecule has 2 N–H and O–H groups in total. The molecule has 0 aromatic heterocycles. The van der Waals surface area contributed by atoms with Gasteiger partial charge in [0, 0.05) is 18.5 Å². The topological polar surface area (TPSA) is 58.6 Å². The van der Waals surface area contributed by atoms with Crippen molar-refractivity contribution in [2.75, 3.05) is 7.11 Å². The van der Waals surface area contributed by atoms with E-state index in [2.05, 4.69) is 5.32 Å². The normalized spacial score (nSPS) is 10.2. The molecule has 110 valence electrons. The minimum Gasteiger partial charge on any atom is -0.504 e. The number of benzene rings is 2. The molecule has 0 radical (unpaired) electrons. The summed E-state index contributed by atoms with van der Waals surface area (Å²) in [5.74, 6) is 0.297. The average Bonchev–Trinajstić information content (AvgIpc) is 2.46. The second kappa shape index (κ2) is 6.50. The molecule has 0 atom stereocenters. The standard InChI is InChI=1S/C16H16ClNO3/c1-10(19)18-9-12-7-16(21-2)15(20)8-14(12)11-3-5-13(17)6-4-11/h3-8,20H,9H2,1-2H3,(H,18,19). The predicted molar refractivity (Wildman–Crippen MR) is 82.6 cm³/mol. The lowest BCUT2D eigenvalue weighted by molar-refractivity contribution is -0.119. The van der Waals surface area contributed by atoms with Gasteiger partial charge in [0.25, 0.3) is 0 Å². The van der Waals surface area contributed by atoms with Crippen molar-refractivity contribution in [2.45, 2.75) is 13.5 Å². The first-order valence-electron chi connectivity index (χ1n) is 6.41. The second-order valence-electron chi connectivity index (χ2n) is 4.60. The number of phenols is 1. The predicted octanol–water partition coefficient (Wildman–Crippen LogP) is 3.36. The number of hydrogen-bond acceptors (Lipinski definition) is 3. The van der Waals surface area contributed by atoms with Crippen molar-refractivity contribution >= 4 is 17.5 Å². The van der Waals surface area contributed by atoms with Crippen LogP contribution in [0.4, 0.5) is 0 Å². The number of rotatable bonds is 4. The summed E-state index contributed by atoms with van der Waals surface area (Å²) in [5.41, 5.74) is 2.57. The third kappa shape index (κ3) is 3.67. The molecule has 0 aliphatic heterocycles. The summed E-state index contributed by atoms with van der Waals surface area (Å²) in [6.07, 6.45) is 0. The zero-order valence-corrected chi connectivity index (χ0v) is 12.6. The molecular weight excluding hydrogens is 290 g/mol. The Morgan fingerprint density at radius 3 is 2.52 bits per heavy atom. The maximum atomic E-state index is 11.1. The minimum atomic E-state index is -0.121. The molecule has 0 fully saturated rings. The molecule has 0 saturated carbocycles. The van der Waals surface area contributed by atoms with Gasteiger partial charge in [-0.3, -0.25) is 4.79 Å². The van der Waals surface area contributed by atoms with Crippen LogP contribution in [0.25, 0.3) is 11.1 Å². The summed E-state index contributed by atoms with van der Waals surface area (Å²) in [5, 5.41) is 13.4. The summed E-state index contributed by atoms with van der Waals surface area (Å²) in [4.78, 5) is 11.1. The maximum Gasteiger partial charge on any atom is 0.217 e. The highest BCUT2D eigenvalue weighted by atomic mass is 35.5. The van der Waals surface area contributed by atoms with Crippen LogP contribution in [0.15, 0.2) is 36.4 Å². The number of phenolic OH excluding ortho intramolecular Hbond substituents is 1. The summed E-state index contributed by atoms with van der Waals surface area (Å²) in [7, 11) is 1.49. The van der Waals surface area contributed by atoms with Crippen LogP contribution in [-0.2, 0) is 11.3 Å². The first-order valence-corrected chi connectivity index (χ1v) is 6.79. The van der Waals surface area contributed by atoms with Crippen molar-refractivity contribution in [3.63, 3.8) is 0 Å². The van der Waals surface area contributed by atoms with E-state index in [9.17, 15) is 9.90 Å². The van der Waals surface area contributed by atoms with Crippen LogP contribution < -0.4 is 10.1 Å². The van der Waals surface area contributed by atoms with Gasteiger partial charge in [-0.1, -0.05) is 23.7 Å². The molecule has 2 aromatic carbocycles. The fourth-order valence-electron chi connectivity index (χ4n) is 2.04. The van der Waals surface area contributed by atoms with E-state index in [0.717, 1.165) is 16.7 Å². The number of halogens is 1. The van der Waals surface area contributed by atoms with Crippen molar-refractivity contribution in [3.05, 3.63) is 47.0 Å². The molecule has 0 heterocycles. The Balaban J connectivity index is 2.48. The van der Waals surface area contributed by atoms with E-state index >= 15 is 0 Å². The van der Waals surface area contributed by atoms with Gasteiger partial charge >= 0.3 is 0 Å². The third-order valence-corrected chi connectivity index (χ3v) is 3.34. The smallest absolute Gasteiger partial charge is 0.217 e. The molecule has 0 aliphatic carbocycles. The van der Waals surface area contributed by atoms with Crippen LogP contribution in [0.3, 0.4) is 0 Å². The lowest BCUT2D eigenvalue weighted by Crippen LogP contribution is -2.19. The Morgan fingerprint density at radius 2 is 1.95 bits per heavy atom. The highest BCUT2D eigenvalue weighted by molar-refractivity contribution is 6.30. The number of nitrogens with one attached hydrogen (secondary N) is 1. The highest BCUT2D eigenvalue weighted by Crippen LogP contribution is 2.35. The molecule has 0 aliphatic rings. The van der Waals surface area contributed by atoms with E-state index in [-0.39, 0.29) is 11.7 Å². The van der Waals surface area contributed by atoms with E-state index in [1.807, 2.05) is 12.1 Å².